The summed E-state index contributed by atoms with van der Waals surface area (Å²) in [6, 6.07) is 15.3. The third-order valence-corrected chi connectivity index (χ3v) is 4.99. The van der Waals surface area contributed by atoms with Gasteiger partial charge in [-0.05, 0) is 31.2 Å². The van der Waals surface area contributed by atoms with Crippen LogP contribution in [0.1, 0.15) is 13.8 Å². The van der Waals surface area contributed by atoms with Crippen molar-refractivity contribution in [3.63, 3.8) is 0 Å². The quantitative estimate of drug-likeness (QED) is 0.782. The lowest BCUT2D eigenvalue weighted by Crippen LogP contribution is -2.37. The molecule has 134 valence electrons. The van der Waals surface area contributed by atoms with Crippen molar-refractivity contribution in [2.45, 2.75) is 18.7 Å². The number of carbonyl (C=O) groups is 1. The number of rotatable bonds is 8. The summed E-state index contributed by atoms with van der Waals surface area (Å²) in [4.78, 5) is 13.7. The maximum atomic E-state index is 12.3. The van der Waals surface area contributed by atoms with Crippen LogP contribution >= 0.6 is 0 Å². The highest BCUT2D eigenvalue weighted by Crippen LogP contribution is 2.28. The van der Waals surface area contributed by atoms with E-state index in [1.807, 2.05) is 19.1 Å². The standard InChI is InChI=1S/C18H22N2O4S/c1-3-24-18-12-8-7-11-17(18)20(15(2)21)14-13-19-25(22,23)16-9-5-4-6-10-16/h4-12,19H,3,13-14H2,1-2H3. The van der Waals surface area contributed by atoms with Gasteiger partial charge in [-0.2, -0.15) is 0 Å². The van der Waals surface area contributed by atoms with Crippen molar-refractivity contribution in [3.8, 4) is 5.75 Å². The normalized spacial score (nSPS) is 11.1. The lowest BCUT2D eigenvalue weighted by molar-refractivity contribution is -0.116. The Balaban J connectivity index is 2.10. The van der Waals surface area contributed by atoms with Gasteiger partial charge >= 0.3 is 0 Å². The number of nitrogens with zero attached hydrogens (tertiary/aromatic N) is 1. The first-order valence-electron chi connectivity index (χ1n) is 8.00. The largest absolute Gasteiger partial charge is 0.492 e. The topological polar surface area (TPSA) is 75.7 Å². The Morgan fingerprint density at radius 1 is 1.08 bits per heavy atom. The van der Waals surface area contributed by atoms with Gasteiger partial charge < -0.3 is 9.64 Å². The minimum Gasteiger partial charge on any atom is -0.492 e. The molecule has 0 saturated heterocycles. The number of benzene rings is 2. The van der Waals surface area contributed by atoms with Crippen molar-refractivity contribution in [2.24, 2.45) is 0 Å². The van der Waals surface area contributed by atoms with Gasteiger partial charge in [-0.3, -0.25) is 4.79 Å². The zero-order chi connectivity index (χ0) is 18.3. The smallest absolute Gasteiger partial charge is 0.240 e. The Labute approximate surface area is 148 Å². The van der Waals surface area contributed by atoms with E-state index in [2.05, 4.69) is 4.72 Å². The number of amides is 1. The van der Waals surface area contributed by atoms with Crippen molar-refractivity contribution < 1.29 is 17.9 Å². The fourth-order valence-corrected chi connectivity index (χ4v) is 3.42. The van der Waals surface area contributed by atoms with Crippen molar-refractivity contribution in [1.82, 2.24) is 4.72 Å². The fourth-order valence-electron chi connectivity index (χ4n) is 2.38. The molecule has 2 aromatic rings. The summed E-state index contributed by atoms with van der Waals surface area (Å²) in [6.07, 6.45) is 0. The average Bonchev–Trinajstić information content (AvgIpc) is 2.60. The van der Waals surface area contributed by atoms with Gasteiger partial charge in [0.1, 0.15) is 5.75 Å². The zero-order valence-electron chi connectivity index (χ0n) is 14.3. The number of para-hydroxylation sites is 2. The summed E-state index contributed by atoms with van der Waals surface area (Å²) in [5.74, 6) is 0.400. The number of sulfonamides is 1. The van der Waals surface area contributed by atoms with Crippen molar-refractivity contribution in [3.05, 3.63) is 54.6 Å². The van der Waals surface area contributed by atoms with E-state index in [4.69, 9.17) is 4.74 Å². The number of anilines is 1. The Morgan fingerprint density at radius 2 is 1.72 bits per heavy atom. The first-order chi connectivity index (χ1) is 12.0. The molecule has 25 heavy (non-hydrogen) atoms. The van der Waals surface area contributed by atoms with Crippen molar-refractivity contribution in [1.29, 1.82) is 0 Å². The van der Waals surface area contributed by atoms with E-state index in [1.165, 1.54) is 24.0 Å². The van der Waals surface area contributed by atoms with Gasteiger partial charge in [0.05, 0.1) is 17.2 Å². The molecule has 0 bridgehead atoms. The van der Waals surface area contributed by atoms with Gasteiger partial charge in [0.15, 0.2) is 0 Å². The Morgan fingerprint density at radius 3 is 2.36 bits per heavy atom. The predicted octanol–water partition coefficient (Wildman–Crippen LogP) is 2.42. The fraction of sp³-hybridized carbons (Fsp3) is 0.278. The van der Waals surface area contributed by atoms with Crippen molar-refractivity contribution in [2.75, 3.05) is 24.6 Å². The molecule has 2 aromatic carbocycles. The molecule has 2 rings (SSSR count). The van der Waals surface area contributed by atoms with E-state index in [0.29, 0.717) is 18.0 Å². The second kappa shape index (κ2) is 8.64. The molecule has 0 spiro atoms. The number of nitrogens with one attached hydrogen (secondary N) is 1. The molecule has 0 aliphatic rings. The lowest BCUT2D eigenvalue weighted by atomic mass is 10.2. The van der Waals surface area contributed by atoms with Crippen LogP contribution in [0, 0.1) is 0 Å². The molecule has 0 aliphatic carbocycles. The van der Waals surface area contributed by atoms with E-state index in [9.17, 15) is 13.2 Å². The molecule has 0 heterocycles. The van der Waals surface area contributed by atoms with Gasteiger partial charge in [0, 0.05) is 20.0 Å². The van der Waals surface area contributed by atoms with Crippen LogP contribution in [0.5, 0.6) is 5.75 Å². The SMILES string of the molecule is CCOc1ccccc1N(CCNS(=O)(=O)c1ccccc1)C(C)=O. The van der Waals surface area contributed by atoms with Gasteiger partial charge in [-0.15, -0.1) is 0 Å². The summed E-state index contributed by atoms with van der Waals surface area (Å²) in [5, 5.41) is 0. The minimum atomic E-state index is -3.60. The van der Waals surface area contributed by atoms with Gasteiger partial charge in [0.2, 0.25) is 15.9 Å². The van der Waals surface area contributed by atoms with Crippen molar-refractivity contribution >= 4 is 21.6 Å². The molecule has 0 atom stereocenters. The number of hydrogen-bond acceptors (Lipinski definition) is 4. The molecule has 0 saturated carbocycles. The number of ether oxygens (including phenoxy) is 1. The average molecular weight is 362 g/mol. The monoisotopic (exact) mass is 362 g/mol. The van der Waals surface area contributed by atoms with Crippen LogP contribution in [-0.2, 0) is 14.8 Å². The van der Waals surface area contributed by atoms with Crippen LogP contribution in [0.2, 0.25) is 0 Å². The van der Waals surface area contributed by atoms with Gasteiger partial charge in [0.25, 0.3) is 0 Å². The van der Waals surface area contributed by atoms with Crippen LogP contribution in [-0.4, -0.2) is 34.0 Å². The zero-order valence-corrected chi connectivity index (χ0v) is 15.1. The third kappa shape index (κ3) is 5.04. The minimum absolute atomic E-state index is 0.0945. The van der Waals surface area contributed by atoms with Crippen LogP contribution in [0.4, 0.5) is 5.69 Å². The number of carbonyl (C=O) groups excluding carboxylic acids is 1. The first-order valence-corrected chi connectivity index (χ1v) is 9.48. The molecule has 0 radical (unpaired) electrons. The van der Waals surface area contributed by atoms with E-state index in [-0.39, 0.29) is 23.9 Å². The lowest BCUT2D eigenvalue weighted by Gasteiger charge is -2.23. The summed E-state index contributed by atoms with van der Waals surface area (Å²) in [7, 11) is -3.60. The van der Waals surface area contributed by atoms with Crippen LogP contribution < -0.4 is 14.4 Å². The highest BCUT2D eigenvalue weighted by molar-refractivity contribution is 7.89. The maximum absolute atomic E-state index is 12.3. The molecular formula is C18H22N2O4S. The molecular weight excluding hydrogens is 340 g/mol. The van der Waals surface area contributed by atoms with Crippen LogP contribution in [0.25, 0.3) is 0 Å². The molecule has 1 amide bonds. The highest BCUT2D eigenvalue weighted by Gasteiger charge is 2.18. The highest BCUT2D eigenvalue weighted by atomic mass is 32.2. The first kappa shape index (κ1) is 19.0. The van der Waals surface area contributed by atoms with Gasteiger partial charge in [-0.1, -0.05) is 30.3 Å². The number of hydrogen-bond donors (Lipinski definition) is 1. The van der Waals surface area contributed by atoms with Crippen LogP contribution in [0.15, 0.2) is 59.5 Å². The molecule has 0 fully saturated rings. The molecule has 1 N–H and O–H groups in total. The molecule has 7 heteroatoms. The van der Waals surface area contributed by atoms with E-state index in [1.54, 1.807) is 30.3 Å². The molecule has 0 aliphatic heterocycles. The summed E-state index contributed by atoms with van der Waals surface area (Å²) in [5.41, 5.74) is 0.621. The Hall–Kier alpha value is -2.38. The second-order valence-electron chi connectivity index (χ2n) is 5.28. The van der Waals surface area contributed by atoms with Crippen LogP contribution in [0.3, 0.4) is 0 Å². The predicted molar refractivity (Wildman–Crippen MR) is 97.3 cm³/mol. The van der Waals surface area contributed by atoms with E-state index >= 15 is 0 Å². The van der Waals surface area contributed by atoms with Gasteiger partial charge in [-0.25, -0.2) is 13.1 Å². The summed E-state index contributed by atoms with van der Waals surface area (Å²) in [6.45, 7) is 4.07. The molecule has 0 aromatic heterocycles. The summed E-state index contributed by atoms with van der Waals surface area (Å²) < 4.78 is 32.6. The second-order valence-corrected chi connectivity index (χ2v) is 7.05. The van der Waals surface area contributed by atoms with E-state index < -0.39 is 10.0 Å². The summed E-state index contributed by atoms with van der Waals surface area (Å²) >= 11 is 0. The third-order valence-electron chi connectivity index (χ3n) is 3.52. The maximum Gasteiger partial charge on any atom is 0.240 e. The Kier molecular flexibility index (Phi) is 6.55. The molecule has 0 unspecified atom stereocenters. The van der Waals surface area contributed by atoms with E-state index in [0.717, 1.165) is 0 Å². The molecule has 6 nitrogen and oxygen atoms in total. The Bertz CT molecular complexity index is 807.